The summed E-state index contributed by atoms with van der Waals surface area (Å²) in [6, 6.07) is -0.591. The molecule has 0 aromatic carbocycles. The third-order valence-electron chi connectivity index (χ3n) is 2.53. The maximum Gasteiger partial charge on any atom is 0.340 e. The van der Waals surface area contributed by atoms with Gasteiger partial charge in [0.2, 0.25) is 5.91 Å². The largest absolute Gasteiger partial charge is 0.478 e. The molecule has 0 saturated heterocycles. The molecule has 1 amide bonds. The van der Waals surface area contributed by atoms with E-state index < -0.39 is 12.0 Å². The fourth-order valence-electron chi connectivity index (χ4n) is 1.46. The number of nitrogens with one attached hydrogen (secondary N) is 1. The molecule has 0 bridgehead atoms. The smallest absolute Gasteiger partial charge is 0.340 e. The minimum atomic E-state index is -1.12. The summed E-state index contributed by atoms with van der Waals surface area (Å²) in [5, 5.41) is 15.7. The van der Waals surface area contributed by atoms with E-state index in [0.29, 0.717) is 5.69 Å². The van der Waals surface area contributed by atoms with E-state index in [1.54, 1.807) is 13.8 Å². The van der Waals surface area contributed by atoms with Crippen LogP contribution in [0.3, 0.4) is 0 Å². The summed E-state index contributed by atoms with van der Waals surface area (Å²) < 4.78 is 5.30. The molecular formula is C10H11N5O3S. The summed E-state index contributed by atoms with van der Waals surface area (Å²) in [7, 11) is 0. The van der Waals surface area contributed by atoms with Crippen LogP contribution in [0.5, 0.6) is 0 Å². The summed E-state index contributed by atoms with van der Waals surface area (Å²) in [6.07, 6.45) is 2.74. The van der Waals surface area contributed by atoms with Crippen LogP contribution in [0.4, 0.5) is 5.00 Å². The van der Waals surface area contributed by atoms with Gasteiger partial charge in [-0.05, 0) is 25.4 Å². The number of amides is 1. The molecule has 0 fully saturated rings. The molecule has 2 rings (SSSR count). The lowest BCUT2D eigenvalue weighted by atomic mass is 10.2. The lowest BCUT2D eigenvalue weighted by Crippen LogP contribution is -2.24. The van der Waals surface area contributed by atoms with Gasteiger partial charge in [-0.15, -0.1) is 0 Å². The Bertz CT molecular complexity index is 607. The van der Waals surface area contributed by atoms with Crippen molar-refractivity contribution in [3.63, 3.8) is 0 Å². The topological polar surface area (TPSA) is 110 Å². The van der Waals surface area contributed by atoms with Crippen LogP contribution < -0.4 is 5.32 Å². The molecule has 0 saturated carbocycles. The van der Waals surface area contributed by atoms with E-state index in [2.05, 4.69) is 19.8 Å². The highest BCUT2D eigenvalue weighted by Gasteiger charge is 2.22. The van der Waals surface area contributed by atoms with Crippen LogP contribution in [0.1, 0.15) is 29.0 Å². The number of carboxylic acids is 1. The van der Waals surface area contributed by atoms with Gasteiger partial charge in [0.15, 0.2) is 0 Å². The lowest BCUT2D eigenvalue weighted by Gasteiger charge is -2.11. The van der Waals surface area contributed by atoms with Gasteiger partial charge in [-0.1, -0.05) is 0 Å². The van der Waals surface area contributed by atoms with Gasteiger partial charge in [0, 0.05) is 0 Å². The Morgan fingerprint density at radius 2 is 2.26 bits per heavy atom. The molecule has 0 radical (unpaired) electrons. The van der Waals surface area contributed by atoms with E-state index in [1.807, 2.05) is 0 Å². The van der Waals surface area contributed by atoms with Crippen molar-refractivity contribution in [2.24, 2.45) is 0 Å². The van der Waals surface area contributed by atoms with Gasteiger partial charge in [0.25, 0.3) is 0 Å². The van der Waals surface area contributed by atoms with E-state index in [1.165, 1.54) is 17.3 Å². The average molecular weight is 281 g/mol. The Kier molecular flexibility index (Phi) is 3.56. The number of anilines is 1. The molecule has 2 heterocycles. The number of carboxylic acid groups (broad SMARTS) is 1. The second-order valence-electron chi connectivity index (χ2n) is 3.82. The van der Waals surface area contributed by atoms with Crippen molar-refractivity contribution in [2.45, 2.75) is 19.9 Å². The standard InChI is InChI=1S/C10H11N5O3S/c1-5-7(10(17)18)9(19-14-5)13-8(16)6(2)15-4-11-3-12-15/h3-4,6H,1-2H3,(H,13,16)(H,17,18). The summed E-state index contributed by atoms with van der Waals surface area (Å²) in [5.41, 5.74) is 0.394. The Morgan fingerprint density at radius 1 is 1.53 bits per heavy atom. The third kappa shape index (κ3) is 2.60. The van der Waals surface area contributed by atoms with Gasteiger partial charge in [-0.3, -0.25) is 4.79 Å². The van der Waals surface area contributed by atoms with E-state index in [-0.39, 0.29) is 16.5 Å². The maximum atomic E-state index is 12.0. The minimum Gasteiger partial charge on any atom is -0.478 e. The zero-order valence-electron chi connectivity index (χ0n) is 10.2. The zero-order chi connectivity index (χ0) is 14.0. The summed E-state index contributed by atoms with van der Waals surface area (Å²) in [6.45, 7) is 3.22. The van der Waals surface area contributed by atoms with Crippen molar-refractivity contribution in [2.75, 3.05) is 5.32 Å². The highest BCUT2D eigenvalue weighted by molar-refractivity contribution is 7.11. The summed E-state index contributed by atoms with van der Waals surface area (Å²) >= 11 is 0.939. The van der Waals surface area contributed by atoms with Crippen molar-refractivity contribution in [3.8, 4) is 0 Å². The molecule has 100 valence electrons. The predicted molar refractivity (Wildman–Crippen MR) is 67.2 cm³/mol. The van der Waals surface area contributed by atoms with Crippen LogP contribution in [-0.2, 0) is 4.79 Å². The van der Waals surface area contributed by atoms with Crippen LogP contribution in [0.25, 0.3) is 0 Å². The first-order valence-electron chi connectivity index (χ1n) is 5.35. The number of aromatic nitrogens is 4. The Labute approximate surface area is 112 Å². The SMILES string of the molecule is Cc1nsc(NC(=O)C(C)n2cncn2)c1C(=O)O. The number of hydrogen-bond donors (Lipinski definition) is 2. The molecule has 0 spiro atoms. The van der Waals surface area contributed by atoms with Crippen molar-refractivity contribution in [1.82, 2.24) is 19.1 Å². The van der Waals surface area contributed by atoms with Crippen LogP contribution >= 0.6 is 11.5 Å². The second-order valence-corrected chi connectivity index (χ2v) is 4.59. The zero-order valence-corrected chi connectivity index (χ0v) is 11.0. The van der Waals surface area contributed by atoms with Crippen LogP contribution in [0.15, 0.2) is 12.7 Å². The summed E-state index contributed by atoms with van der Waals surface area (Å²) in [4.78, 5) is 26.8. The normalized spacial score (nSPS) is 12.1. The Hall–Kier alpha value is -2.29. The van der Waals surface area contributed by atoms with Crippen molar-refractivity contribution in [3.05, 3.63) is 23.9 Å². The number of nitrogens with zero attached hydrogens (tertiary/aromatic N) is 4. The molecule has 19 heavy (non-hydrogen) atoms. The van der Waals surface area contributed by atoms with E-state index >= 15 is 0 Å². The number of aryl methyl sites for hydroxylation is 1. The van der Waals surface area contributed by atoms with E-state index in [0.717, 1.165) is 11.5 Å². The van der Waals surface area contributed by atoms with Crippen LogP contribution in [0.2, 0.25) is 0 Å². The van der Waals surface area contributed by atoms with Crippen molar-refractivity contribution in [1.29, 1.82) is 0 Å². The van der Waals surface area contributed by atoms with E-state index in [4.69, 9.17) is 5.11 Å². The van der Waals surface area contributed by atoms with Crippen molar-refractivity contribution < 1.29 is 14.7 Å². The van der Waals surface area contributed by atoms with Gasteiger partial charge in [0.1, 0.15) is 29.3 Å². The quantitative estimate of drug-likeness (QED) is 0.863. The summed E-state index contributed by atoms with van der Waals surface area (Å²) in [5.74, 6) is -1.49. The third-order valence-corrected chi connectivity index (χ3v) is 3.38. The first-order valence-corrected chi connectivity index (χ1v) is 6.12. The molecule has 0 aliphatic heterocycles. The van der Waals surface area contributed by atoms with Crippen LogP contribution in [0, 0.1) is 6.92 Å². The molecule has 1 unspecified atom stereocenters. The number of carbonyl (C=O) groups is 2. The molecule has 0 aliphatic carbocycles. The fraction of sp³-hybridized carbons (Fsp3) is 0.300. The number of carbonyl (C=O) groups excluding carboxylic acids is 1. The molecular weight excluding hydrogens is 270 g/mol. The highest BCUT2D eigenvalue weighted by Crippen LogP contribution is 2.25. The second kappa shape index (κ2) is 5.14. The highest BCUT2D eigenvalue weighted by atomic mass is 32.1. The fourth-order valence-corrected chi connectivity index (χ4v) is 2.25. The van der Waals surface area contributed by atoms with Crippen LogP contribution in [-0.4, -0.2) is 36.1 Å². The molecule has 9 heteroatoms. The van der Waals surface area contributed by atoms with Crippen molar-refractivity contribution >= 4 is 28.4 Å². The maximum absolute atomic E-state index is 12.0. The Balaban J connectivity index is 2.18. The number of rotatable bonds is 4. The molecule has 2 aromatic heterocycles. The monoisotopic (exact) mass is 281 g/mol. The van der Waals surface area contributed by atoms with E-state index in [9.17, 15) is 9.59 Å². The Morgan fingerprint density at radius 3 is 2.84 bits per heavy atom. The molecule has 2 N–H and O–H groups in total. The number of hydrogen-bond acceptors (Lipinski definition) is 6. The molecule has 8 nitrogen and oxygen atoms in total. The van der Waals surface area contributed by atoms with Gasteiger partial charge in [0.05, 0.1) is 5.69 Å². The average Bonchev–Trinajstić information content (AvgIpc) is 2.97. The van der Waals surface area contributed by atoms with Gasteiger partial charge in [-0.2, -0.15) is 9.47 Å². The molecule has 2 aromatic rings. The lowest BCUT2D eigenvalue weighted by molar-refractivity contribution is -0.119. The molecule has 0 aliphatic rings. The predicted octanol–water partition coefficient (Wildman–Crippen LogP) is 0.941. The first-order chi connectivity index (χ1) is 9.00. The van der Waals surface area contributed by atoms with Gasteiger partial charge in [-0.25, -0.2) is 14.5 Å². The minimum absolute atomic E-state index is 0.0177. The van der Waals surface area contributed by atoms with Gasteiger partial charge < -0.3 is 10.4 Å². The first kappa shape index (κ1) is 13.1. The molecule has 1 atom stereocenters. The van der Waals surface area contributed by atoms with Gasteiger partial charge >= 0.3 is 5.97 Å². The number of aromatic carboxylic acids is 1.